The van der Waals surface area contributed by atoms with Gasteiger partial charge >= 0.3 is 0 Å². The fraction of sp³-hybridized carbons (Fsp3) is 0.643. The molecule has 2 aromatic rings. The summed E-state index contributed by atoms with van der Waals surface area (Å²) in [6.07, 6.45) is 4.44. The number of ether oxygens (including phenoxy) is 2. The SMILES string of the molecule is COc1cc2cc(OC)c(CCCN3CCN(C)CC3)cc2cc1CCCN1CCN(C)CC1. The van der Waals surface area contributed by atoms with Crippen LogP contribution in [0.4, 0.5) is 0 Å². The van der Waals surface area contributed by atoms with Crippen LogP contribution in [0, 0.1) is 0 Å². The molecule has 34 heavy (non-hydrogen) atoms. The maximum absolute atomic E-state index is 5.78. The van der Waals surface area contributed by atoms with Crippen molar-refractivity contribution in [3.8, 4) is 11.5 Å². The van der Waals surface area contributed by atoms with Gasteiger partial charge in [-0.2, -0.15) is 0 Å². The Kier molecular flexibility index (Phi) is 9.06. The van der Waals surface area contributed by atoms with Crippen molar-refractivity contribution in [1.82, 2.24) is 19.6 Å². The number of hydrogen-bond acceptors (Lipinski definition) is 6. The molecular weight excluding hydrogens is 424 g/mol. The highest BCUT2D eigenvalue weighted by atomic mass is 16.5. The predicted octanol–water partition coefficient (Wildman–Crippen LogP) is 3.22. The lowest BCUT2D eigenvalue weighted by Gasteiger charge is -2.32. The van der Waals surface area contributed by atoms with E-state index in [4.69, 9.17) is 9.47 Å². The van der Waals surface area contributed by atoms with Crippen LogP contribution in [0.5, 0.6) is 11.5 Å². The van der Waals surface area contributed by atoms with E-state index in [9.17, 15) is 0 Å². The van der Waals surface area contributed by atoms with Crippen LogP contribution in [0.1, 0.15) is 24.0 Å². The van der Waals surface area contributed by atoms with Gasteiger partial charge in [-0.1, -0.05) is 0 Å². The first-order chi connectivity index (χ1) is 16.6. The van der Waals surface area contributed by atoms with Gasteiger partial charge in [0.15, 0.2) is 0 Å². The van der Waals surface area contributed by atoms with Crippen LogP contribution < -0.4 is 9.47 Å². The molecule has 2 aliphatic rings. The molecule has 0 saturated carbocycles. The summed E-state index contributed by atoms with van der Waals surface area (Å²) in [6, 6.07) is 9.08. The van der Waals surface area contributed by atoms with E-state index in [1.165, 1.54) is 87.1 Å². The molecule has 2 fully saturated rings. The van der Waals surface area contributed by atoms with E-state index in [0.717, 1.165) is 37.4 Å². The van der Waals surface area contributed by atoms with Crippen molar-refractivity contribution >= 4 is 10.8 Å². The standard InChI is InChI=1S/C28H44N4O2/c1-29-11-15-31(16-12-29)9-5-7-23-19-25-20-24(8-6-10-32-17-13-30(2)14-18-32)28(34-4)22-26(25)21-27(23)33-3/h19-22H,5-18H2,1-4H3. The van der Waals surface area contributed by atoms with E-state index >= 15 is 0 Å². The molecule has 6 heteroatoms. The maximum atomic E-state index is 5.78. The lowest BCUT2D eigenvalue weighted by Crippen LogP contribution is -2.44. The lowest BCUT2D eigenvalue weighted by molar-refractivity contribution is 0.153. The van der Waals surface area contributed by atoms with Crippen LogP contribution in [0.25, 0.3) is 10.8 Å². The van der Waals surface area contributed by atoms with Crippen molar-refractivity contribution in [2.24, 2.45) is 0 Å². The van der Waals surface area contributed by atoms with Gasteiger partial charge in [-0.3, -0.25) is 0 Å². The number of rotatable bonds is 10. The summed E-state index contributed by atoms with van der Waals surface area (Å²) in [4.78, 5) is 10.0. The Labute approximate surface area is 206 Å². The smallest absolute Gasteiger partial charge is 0.122 e. The van der Waals surface area contributed by atoms with Crippen molar-refractivity contribution in [3.05, 3.63) is 35.4 Å². The van der Waals surface area contributed by atoms with Gasteiger partial charge in [0.2, 0.25) is 0 Å². The Morgan fingerprint density at radius 1 is 0.588 bits per heavy atom. The van der Waals surface area contributed by atoms with Gasteiger partial charge in [-0.15, -0.1) is 0 Å². The zero-order valence-corrected chi connectivity index (χ0v) is 21.8. The molecule has 0 amide bonds. The first-order valence-electron chi connectivity index (χ1n) is 13.0. The average Bonchev–Trinajstić information content (AvgIpc) is 2.85. The second-order valence-corrected chi connectivity index (χ2v) is 10.2. The normalized spacial score (nSPS) is 19.1. The number of likely N-dealkylation sites (N-methyl/N-ethyl adjacent to an activating group) is 2. The van der Waals surface area contributed by atoms with E-state index in [-0.39, 0.29) is 0 Å². The van der Waals surface area contributed by atoms with E-state index in [1.54, 1.807) is 14.2 Å². The van der Waals surface area contributed by atoms with Gasteiger partial charge in [-0.25, -0.2) is 0 Å². The van der Waals surface area contributed by atoms with Crippen molar-refractivity contribution < 1.29 is 9.47 Å². The van der Waals surface area contributed by atoms with Crippen molar-refractivity contribution in [2.45, 2.75) is 25.7 Å². The Bertz CT molecular complexity index is 848. The first kappa shape index (κ1) is 25.2. The molecule has 0 aliphatic carbocycles. The minimum atomic E-state index is 0.996. The number of aryl methyl sites for hydroxylation is 2. The van der Waals surface area contributed by atoms with Gasteiger partial charge in [0.25, 0.3) is 0 Å². The largest absolute Gasteiger partial charge is 0.496 e. The number of methoxy groups -OCH3 is 2. The molecular formula is C28H44N4O2. The fourth-order valence-corrected chi connectivity index (χ4v) is 5.30. The molecule has 0 atom stereocenters. The van der Waals surface area contributed by atoms with Gasteiger partial charge in [-0.05, 0) is 99.0 Å². The van der Waals surface area contributed by atoms with Crippen LogP contribution in [0.15, 0.2) is 24.3 Å². The van der Waals surface area contributed by atoms with E-state index < -0.39 is 0 Å². The quantitative estimate of drug-likeness (QED) is 0.532. The molecule has 0 unspecified atom stereocenters. The van der Waals surface area contributed by atoms with Crippen LogP contribution in [0.2, 0.25) is 0 Å². The summed E-state index contributed by atoms with van der Waals surface area (Å²) in [6.45, 7) is 11.8. The van der Waals surface area contributed by atoms with Crippen molar-refractivity contribution in [3.63, 3.8) is 0 Å². The zero-order chi connectivity index (χ0) is 23.9. The van der Waals surface area contributed by atoms with Crippen LogP contribution in [0.3, 0.4) is 0 Å². The summed E-state index contributed by atoms with van der Waals surface area (Å²) >= 11 is 0. The van der Waals surface area contributed by atoms with Gasteiger partial charge in [0.1, 0.15) is 11.5 Å². The minimum absolute atomic E-state index is 0.996. The third kappa shape index (κ3) is 6.63. The summed E-state index contributed by atoms with van der Waals surface area (Å²) in [5, 5.41) is 2.49. The van der Waals surface area contributed by atoms with Gasteiger partial charge < -0.3 is 29.1 Å². The number of benzene rings is 2. The third-order valence-electron chi connectivity index (χ3n) is 7.67. The molecule has 2 aromatic carbocycles. The number of nitrogens with zero attached hydrogens (tertiary/aromatic N) is 4. The van der Waals surface area contributed by atoms with Crippen LogP contribution in [-0.2, 0) is 12.8 Å². The highest BCUT2D eigenvalue weighted by molar-refractivity contribution is 5.87. The molecule has 0 N–H and O–H groups in total. The number of fused-ring (bicyclic) bond motifs is 1. The highest BCUT2D eigenvalue weighted by Gasteiger charge is 2.16. The number of hydrogen-bond donors (Lipinski definition) is 0. The predicted molar refractivity (Wildman–Crippen MR) is 142 cm³/mol. The molecule has 0 spiro atoms. The molecule has 0 aromatic heterocycles. The molecule has 2 aliphatic heterocycles. The van der Waals surface area contributed by atoms with Crippen LogP contribution in [-0.4, -0.2) is 113 Å². The Morgan fingerprint density at radius 2 is 0.971 bits per heavy atom. The third-order valence-corrected chi connectivity index (χ3v) is 7.67. The Balaban J connectivity index is 1.41. The van der Waals surface area contributed by atoms with Crippen molar-refractivity contribution in [2.75, 3.05) is 93.8 Å². The summed E-state index contributed by atoms with van der Waals surface area (Å²) in [7, 11) is 8.00. The molecule has 0 bridgehead atoms. The second-order valence-electron chi connectivity index (χ2n) is 10.2. The minimum Gasteiger partial charge on any atom is -0.496 e. The second kappa shape index (κ2) is 12.2. The fourth-order valence-electron chi connectivity index (χ4n) is 5.30. The van der Waals surface area contributed by atoms with Gasteiger partial charge in [0, 0.05) is 52.4 Å². The van der Waals surface area contributed by atoms with Gasteiger partial charge in [0.05, 0.1) is 14.2 Å². The summed E-state index contributed by atoms with van der Waals surface area (Å²) in [5.74, 6) is 1.99. The number of piperazine rings is 2. The van der Waals surface area contributed by atoms with Crippen molar-refractivity contribution in [1.29, 1.82) is 0 Å². The summed E-state index contributed by atoms with van der Waals surface area (Å²) in [5.41, 5.74) is 2.63. The molecule has 6 nitrogen and oxygen atoms in total. The van der Waals surface area contributed by atoms with E-state index in [0.29, 0.717) is 0 Å². The Morgan fingerprint density at radius 3 is 1.35 bits per heavy atom. The monoisotopic (exact) mass is 468 g/mol. The maximum Gasteiger partial charge on any atom is 0.122 e. The Hall–Kier alpha value is -1.86. The van der Waals surface area contributed by atoms with E-state index in [1.807, 2.05) is 0 Å². The first-order valence-corrected chi connectivity index (χ1v) is 13.0. The van der Waals surface area contributed by atoms with E-state index in [2.05, 4.69) is 58.0 Å². The zero-order valence-electron chi connectivity index (χ0n) is 21.8. The molecule has 2 heterocycles. The summed E-state index contributed by atoms with van der Waals surface area (Å²) < 4.78 is 11.6. The molecule has 4 rings (SSSR count). The highest BCUT2D eigenvalue weighted by Crippen LogP contribution is 2.32. The topological polar surface area (TPSA) is 31.4 Å². The van der Waals surface area contributed by atoms with Crippen LogP contribution >= 0.6 is 0 Å². The average molecular weight is 469 g/mol. The molecule has 188 valence electrons. The molecule has 2 saturated heterocycles. The lowest BCUT2D eigenvalue weighted by atomic mass is 9.98. The molecule has 0 radical (unpaired) electrons.